The van der Waals surface area contributed by atoms with Crippen LogP contribution in [0.15, 0.2) is 78.9 Å². The van der Waals surface area contributed by atoms with Crippen LogP contribution in [0.3, 0.4) is 0 Å². The Labute approximate surface area is 274 Å². The monoisotopic (exact) mass is 626 g/mol. The molecule has 7 heteroatoms. The molecule has 1 aliphatic rings. The number of fused-ring (bicyclic) bond motifs is 2. The van der Waals surface area contributed by atoms with E-state index in [1.165, 1.54) is 12.7 Å². The molecule has 0 saturated heterocycles. The molecule has 47 heavy (non-hydrogen) atoms. The summed E-state index contributed by atoms with van der Waals surface area (Å²) < 4.78 is 12.5. The van der Waals surface area contributed by atoms with Gasteiger partial charge >= 0.3 is 11.9 Å². The Morgan fingerprint density at radius 3 is 2.28 bits per heavy atom. The standard InChI is InChI=1S/C40H38N2O5/c1-24-21-33(25(2)42(24)30-18-13-27(14-19-30)38(44)46-6)35(43)23-47-39(45)36-31-9-7-8-10-34(31)41-37-28(15-20-32(36)37)22-26-11-16-29(17-12-26)40(3,4)5/h7-14,16-19,21-22H,15,20,23H2,1-6H3/b28-22+. The first-order valence-corrected chi connectivity index (χ1v) is 15.8. The number of Topliss-reactive ketones (excluding diaryl/α,β-unsaturated/α-hetero) is 1. The molecule has 0 unspecified atom stereocenters. The number of esters is 2. The third kappa shape index (κ3) is 6.13. The summed E-state index contributed by atoms with van der Waals surface area (Å²) >= 11 is 0. The van der Waals surface area contributed by atoms with Crippen LogP contribution in [0.5, 0.6) is 0 Å². The molecule has 6 rings (SSSR count). The van der Waals surface area contributed by atoms with E-state index in [0.717, 1.165) is 45.9 Å². The van der Waals surface area contributed by atoms with Crippen molar-refractivity contribution in [2.45, 2.75) is 52.9 Å². The number of methoxy groups -OCH3 is 1. The largest absolute Gasteiger partial charge is 0.465 e. The summed E-state index contributed by atoms with van der Waals surface area (Å²) in [4.78, 5) is 44.1. The van der Waals surface area contributed by atoms with Crippen LogP contribution < -0.4 is 0 Å². The summed E-state index contributed by atoms with van der Waals surface area (Å²) in [6.07, 6.45) is 3.57. The third-order valence-corrected chi connectivity index (χ3v) is 8.88. The van der Waals surface area contributed by atoms with Crippen molar-refractivity contribution in [3.8, 4) is 5.69 Å². The minimum Gasteiger partial charge on any atom is -0.465 e. The topological polar surface area (TPSA) is 87.5 Å². The molecule has 238 valence electrons. The molecule has 0 fully saturated rings. The summed E-state index contributed by atoms with van der Waals surface area (Å²) in [7, 11) is 1.34. The van der Waals surface area contributed by atoms with Gasteiger partial charge in [0.1, 0.15) is 0 Å². The highest BCUT2D eigenvalue weighted by molar-refractivity contribution is 6.08. The Morgan fingerprint density at radius 1 is 0.894 bits per heavy atom. The van der Waals surface area contributed by atoms with Gasteiger partial charge in [0.15, 0.2) is 6.61 Å². The second-order valence-corrected chi connectivity index (χ2v) is 13.0. The predicted octanol–water partition coefficient (Wildman–Crippen LogP) is 8.25. The van der Waals surface area contributed by atoms with E-state index in [4.69, 9.17) is 14.5 Å². The maximum absolute atomic E-state index is 13.8. The van der Waals surface area contributed by atoms with Crippen molar-refractivity contribution in [1.82, 2.24) is 9.55 Å². The number of nitrogens with zero attached hydrogens (tertiary/aromatic N) is 2. The number of ketones is 1. The smallest absolute Gasteiger partial charge is 0.339 e. The third-order valence-electron chi connectivity index (χ3n) is 8.88. The number of aromatic nitrogens is 2. The van der Waals surface area contributed by atoms with Gasteiger partial charge in [0.25, 0.3) is 0 Å². The highest BCUT2D eigenvalue weighted by Crippen LogP contribution is 2.38. The molecule has 1 aliphatic carbocycles. The minimum atomic E-state index is -0.531. The van der Waals surface area contributed by atoms with Crippen molar-refractivity contribution < 1.29 is 23.9 Å². The van der Waals surface area contributed by atoms with Crippen molar-refractivity contribution in [3.05, 3.63) is 129 Å². The van der Waals surface area contributed by atoms with Gasteiger partial charge in [-0.25, -0.2) is 14.6 Å². The number of benzene rings is 3. The first-order valence-electron chi connectivity index (χ1n) is 15.8. The van der Waals surface area contributed by atoms with Crippen LogP contribution >= 0.6 is 0 Å². The van der Waals surface area contributed by atoms with Gasteiger partial charge in [-0.3, -0.25) is 4.79 Å². The lowest BCUT2D eigenvalue weighted by Gasteiger charge is -2.18. The second kappa shape index (κ2) is 12.5. The number of rotatable bonds is 7. The molecule has 0 spiro atoms. The summed E-state index contributed by atoms with van der Waals surface area (Å²) in [5.41, 5.74) is 9.62. The number of para-hydroxylation sites is 1. The maximum atomic E-state index is 13.8. The molecule has 2 aromatic heterocycles. The molecule has 0 N–H and O–H groups in total. The fourth-order valence-electron chi connectivity index (χ4n) is 6.38. The highest BCUT2D eigenvalue weighted by Gasteiger charge is 2.28. The number of aryl methyl sites for hydroxylation is 1. The van der Waals surface area contributed by atoms with Crippen molar-refractivity contribution in [2.24, 2.45) is 0 Å². The van der Waals surface area contributed by atoms with Gasteiger partial charge < -0.3 is 14.0 Å². The van der Waals surface area contributed by atoms with E-state index in [0.29, 0.717) is 34.0 Å². The molecule has 0 atom stereocenters. The number of allylic oxidation sites excluding steroid dienone is 1. The van der Waals surface area contributed by atoms with Crippen molar-refractivity contribution in [2.75, 3.05) is 13.7 Å². The zero-order valence-corrected chi connectivity index (χ0v) is 27.6. The Morgan fingerprint density at radius 2 is 1.60 bits per heavy atom. The van der Waals surface area contributed by atoms with Crippen LogP contribution in [0.4, 0.5) is 0 Å². The van der Waals surface area contributed by atoms with E-state index in [2.05, 4.69) is 51.1 Å². The number of hydrogen-bond donors (Lipinski definition) is 0. The van der Waals surface area contributed by atoms with E-state index < -0.39 is 18.5 Å². The number of carbonyl (C=O) groups is 3. The zero-order chi connectivity index (χ0) is 33.5. The minimum absolute atomic E-state index is 0.0729. The molecule has 0 bridgehead atoms. The second-order valence-electron chi connectivity index (χ2n) is 13.0. The van der Waals surface area contributed by atoms with Crippen LogP contribution in [0.25, 0.3) is 28.2 Å². The Kier molecular flexibility index (Phi) is 8.41. The summed E-state index contributed by atoms with van der Waals surface area (Å²) in [5, 5.41) is 0.716. The van der Waals surface area contributed by atoms with Crippen molar-refractivity contribution >= 4 is 40.3 Å². The van der Waals surface area contributed by atoms with Gasteiger partial charge in [0.05, 0.1) is 29.4 Å². The van der Waals surface area contributed by atoms with E-state index in [1.807, 2.05) is 42.7 Å². The number of carbonyl (C=O) groups excluding carboxylic acids is 3. The Bertz CT molecular complexity index is 2060. The molecule has 7 nitrogen and oxygen atoms in total. The lowest BCUT2D eigenvalue weighted by Crippen LogP contribution is -2.17. The van der Waals surface area contributed by atoms with E-state index in [9.17, 15) is 14.4 Å². The van der Waals surface area contributed by atoms with E-state index >= 15 is 0 Å². The van der Waals surface area contributed by atoms with Crippen molar-refractivity contribution in [1.29, 1.82) is 0 Å². The van der Waals surface area contributed by atoms with Crippen LogP contribution in [0, 0.1) is 13.8 Å². The number of hydrogen-bond acceptors (Lipinski definition) is 6. The Balaban J connectivity index is 1.26. The lowest BCUT2D eigenvalue weighted by molar-refractivity contribution is 0.0475. The Hall–Kier alpha value is -5.30. The predicted molar refractivity (Wildman–Crippen MR) is 184 cm³/mol. The average Bonchev–Trinajstić information content (AvgIpc) is 3.60. The van der Waals surface area contributed by atoms with Gasteiger partial charge in [-0.1, -0.05) is 63.2 Å². The van der Waals surface area contributed by atoms with Crippen LogP contribution in [0.1, 0.15) is 92.0 Å². The van der Waals surface area contributed by atoms with Gasteiger partial charge in [-0.15, -0.1) is 0 Å². The first-order chi connectivity index (χ1) is 22.5. The van der Waals surface area contributed by atoms with Gasteiger partial charge in [0.2, 0.25) is 5.78 Å². The van der Waals surface area contributed by atoms with E-state index in [1.54, 1.807) is 30.3 Å². The van der Waals surface area contributed by atoms with Crippen LogP contribution in [-0.2, 0) is 21.3 Å². The molecule has 2 heterocycles. The summed E-state index contributed by atoms with van der Waals surface area (Å²) in [6, 6.07) is 24.9. The number of pyridine rings is 1. The normalized spacial score (nSPS) is 13.5. The highest BCUT2D eigenvalue weighted by atomic mass is 16.5. The lowest BCUT2D eigenvalue weighted by atomic mass is 9.86. The average molecular weight is 627 g/mol. The molecule has 0 saturated carbocycles. The molecular weight excluding hydrogens is 588 g/mol. The summed E-state index contributed by atoms with van der Waals surface area (Å²) in [6.45, 7) is 9.96. The van der Waals surface area contributed by atoms with Gasteiger partial charge in [-0.2, -0.15) is 0 Å². The van der Waals surface area contributed by atoms with Gasteiger partial charge in [-0.05, 0) is 96.8 Å². The van der Waals surface area contributed by atoms with Crippen LogP contribution in [0.2, 0.25) is 0 Å². The van der Waals surface area contributed by atoms with Gasteiger partial charge in [0, 0.05) is 28.0 Å². The fourth-order valence-corrected chi connectivity index (χ4v) is 6.38. The SMILES string of the molecule is COC(=O)c1ccc(-n2c(C)cc(C(=O)COC(=O)c3c4c(nc5ccccc35)/C(=C/c3ccc(C(C)(C)C)cc3)CC4)c2C)cc1. The number of ether oxygens (including phenoxy) is 2. The molecule has 0 amide bonds. The molecule has 3 aromatic carbocycles. The first kappa shape index (κ1) is 31.7. The molecule has 0 aliphatic heterocycles. The van der Waals surface area contributed by atoms with E-state index in [-0.39, 0.29) is 11.2 Å². The zero-order valence-electron chi connectivity index (χ0n) is 27.6. The molecule has 5 aromatic rings. The fraction of sp³-hybridized carbons (Fsp3) is 0.250. The van der Waals surface area contributed by atoms with Crippen LogP contribution in [-0.4, -0.2) is 41.0 Å². The summed E-state index contributed by atoms with van der Waals surface area (Å²) in [5.74, 6) is -1.24. The maximum Gasteiger partial charge on any atom is 0.339 e. The molecule has 0 radical (unpaired) electrons. The quantitative estimate of drug-likeness (QED) is 0.134. The van der Waals surface area contributed by atoms with Crippen molar-refractivity contribution in [3.63, 3.8) is 0 Å². The molecular formula is C40H38N2O5.